The first-order valence-electron chi connectivity index (χ1n) is 8.45. The van der Waals surface area contributed by atoms with Crippen molar-refractivity contribution in [2.75, 3.05) is 38.2 Å². The van der Waals surface area contributed by atoms with Crippen LogP contribution in [0.15, 0.2) is 0 Å². The number of aromatic nitrogens is 2. The molecular weight excluding hydrogens is 348 g/mol. The van der Waals surface area contributed by atoms with Crippen LogP contribution in [0.3, 0.4) is 0 Å². The zero-order chi connectivity index (χ0) is 17.3. The lowest BCUT2D eigenvalue weighted by Gasteiger charge is -2.35. The number of cyclic esters (lactones) is 1. The molecule has 1 N–H and O–H groups in total. The molecule has 0 unspecified atom stereocenters. The third kappa shape index (κ3) is 3.75. The summed E-state index contributed by atoms with van der Waals surface area (Å²) in [7, 11) is 0. The fourth-order valence-corrected chi connectivity index (χ4v) is 4.18. The van der Waals surface area contributed by atoms with Crippen LogP contribution in [0.1, 0.15) is 36.8 Å². The number of rotatable bonds is 4. The molecule has 3 fully saturated rings. The van der Waals surface area contributed by atoms with Crippen LogP contribution in [0.5, 0.6) is 0 Å². The van der Waals surface area contributed by atoms with Crippen molar-refractivity contribution in [1.29, 1.82) is 0 Å². The minimum atomic E-state index is -0.593. The van der Waals surface area contributed by atoms with E-state index in [9.17, 15) is 9.59 Å². The quantitative estimate of drug-likeness (QED) is 0.794. The van der Waals surface area contributed by atoms with Gasteiger partial charge in [-0.1, -0.05) is 11.3 Å². The van der Waals surface area contributed by atoms with Crippen molar-refractivity contribution in [1.82, 2.24) is 15.1 Å². The Kier molecular flexibility index (Phi) is 4.57. The van der Waals surface area contributed by atoms with Gasteiger partial charge in [-0.3, -0.25) is 15.0 Å². The Hall–Kier alpha value is -1.78. The van der Waals surface area contributed by atoms with E-state index >= 15 is 0 Å². The summed E-state index contributed by atoms with van der Waals surface area (Å²) in [6, 6.07) is 0. The van der Waals surface area contributed by atoms with Gasteiger partial charge in [-0.25, -0.2) is 4.79 Å². The number of anilines is 1. The molecule has 136 valence electrons. The molecule has 1 atom stereocenters. The van der Waals surface area contributed by atoms with Gasteiger partial charge in [0.25, 0.3) is 0 Å². The summed E-state index contributed by atoms with van der Waals surface area (Å²) in [5, 5.41) is 12.2. The summed E-state index contributed by atoms with van der Waals surface area (Å²) < 4.78 is 15.7. The van der Waals surface area contributed by atoms with Crippen LogP contribution in [-0.4, -0.2) is 65.6 Å². The van der Waals surface area contributed by atoms with Crippen molar-refractivity contribution in [2.24, 2.45) is 0 Å². The van der Waals surface area contributed by atoms with Crippen molar-refractivity contribution in [3.8, 4) is 0 Å². The minimum Gasteiger partial charge on any atom is -0.430 e. The number of ether oxygens (including phenoxy) is 3. The second kappa shape index (κ2) is 6.85. The molecule has 3 aliphatic rings. The average Bonchev–Trinajstić information content (AvgIpc) is 3.31. The highest BCUT2D eigenvalue weighted by Gasteiger charge is 2.44. The lowest BCUT2D eigenvalue weighted by molar-refractivity contribution is -0.118. The second-order valence-corrected chi connectivity index (χ2v) is 7.60. The Bertz CT molecular complexity index is 652. The molecule has 0 saturated carbocycles. The molecule has 4 rings (SSSR count). The number of hydrogen-bond donors (Lipinski definition) is 1. The smallest absolute Gasteiger partial charge is 0.430 e. The van der Waals surface area contributed by atoms with Crippen LogP contribution in [0.25, 0.3) is 0 Å². The largest absolute Gasteiger partial charge is 0.509 e. The average molecular weight is 368 g/mol. The van der Waals surface area contributed by atoms with Crippen molar-refractivity contribution in [2.45, 2.75) is 37.4 Å². The van der Waals surface area contributed by atoms with Gasteiger partial charge in [-0.05, 0) is 12.8 Å². The summed E-state index contributed by atoms with van der Waals surface area (Å²) in [5.74, 6) is -0.120. The molecule has 9 nitrogen and oxygen atoms in total. The molecule has 4 heterocycles. The summed E-state index contributed by atoms with van der Waals surface area (Å²) in [5.41, 5.74) is -0.501. The van der Waals surface area contributed by atoms with Gasteiger partial charge in [0.2, 0.25) is 11.0 Å². The Balaban J connectivity index is 1.25. The van der Waals surface area contributed by atoms with E-state index in [1.807, 2.05) is 4.90 Å². The summed E-state index contributed by atoms with van der Waals surface area (Å²) >= 11 is 1.36. The molecule has 1 amide bonds. The highest BCUT2D eigenvalue weighted by molar-refractivity contribution is 7.15. The summed E-state index contributed by atoms with van der Waals surface area (Å²) in [6.45, 7) is 2.70. The maximum atomic E-state index is 12.2. The first-order valence-corrected chi connectivity index (χ1v) is 9.27. The van der Waals surface area contributed by atoms with E-state index in [0.29, 0.717) is 37.7 Å². The molecule has 0 aromatic carbocycles. The zero-order valence-electron chi connectivity index (χ0n) is 13.7. The monoisotopic (exact) mass is 368 g/mol. The highest BCUT2D eigenvalue weighted by atomic mass is 32.1. The van der Waals surface area contributed by atoms with Crippen LogP contribution in [0.2, 0.25) is 0 Å². The van der Waals surface area contributed by atoms with Crippen molar-refractivity contribution in [3.05, 3.63) is 5.01 Å². The number of hydrogen-bond acceptors (Lipinski definition) is 9. The fraction of sp³-hybridized carbons (Fsp3) is 0.733. The lowest BCUT2D eigenvalue weighted by Crippen LogP contribution is -2.48. The van der Waals surface area contributed by atoms with Crippen LogP contribution in [0, 0.1) is 0 Å². The van der Waals surface area contributed by atoms with E-state index < -0.39 is 11.8 Å². The van der Waals surface area contributed by atoms with Gasteiger partial charge < -0.3 is 14.2 Å². The third-order valence-corrected chi connectivity index (χ3v) is 5.71. The molecule has 0 aliphatic carbocycles. The number of carbonyl (C=O) groups is 2. The number of carbonyl (C=O) groups excluding carboxylic acids is 2. The summed E-state index contributed by atoms with van der Waals surface area (Å²) in [4.78, 5) is 25.4. The van der Waals surface area contributed by atoms with Gasteiger partial charge in [0.1, 0.15) is 17.7 Å². The van der Waals surface area contributed by atoms with Gasteiger partial charge in [-0.2, -0.15) is 0 Å². The fourth-order valence-electron chi connectivity index (χ4n) is 3.34. The molecule has 3 saturated heterocycles. The Morgan fingerprint density at radius 2 is 2.20 bits per heavy atom. The van der Waals surface area contributed by atoms with Gasteiger partial charge in [0, 0.05) is 32.5 Å². The summed E-state index contributed by atoms with van der Waals surface area (Å²) in [6.07, 6.45) is 2.75. The van der Waals surface area contributed by atoms with E-state index in [0.717, 1.165) is 24.5 Å². The number of nitrogens with zero attached hydrogens (tertiary/aromatic N) is 3. The molecule has 10 heteroatoms. The molecule has 1 spiro atoms. The standard InChI is InChI=1S/C15H20N4O5S/c20-11(16-13-18-17-12(25-13)10-2-1-7-22-10)8-19-5-3-15(4-6-19)9-23-14(21)24-15/h10H,1-9H2,(H,16,18,20)/t10-/m0/s1. The van der Waals surface area contributed by atoms with Crippen LogP contribution in [-0.2, 0) is 19.0 Å². The molecule has 1 aromatic heterocycles. The van der Waals surface area contributed by atoms with Gasteiger partial charge in [-0.15, -0.1) is 10.2 Å². The zero-order valence-corrected chi connectivity index (χ0v) is 14.5. The van der Waals surface area contributed by atoms with E-state index in [2.05, 4.69) is 15.5 Å². The minimum absolute atomic E-state index is 0.0118. The predicted octanol–water partition coefficient (Wildman–Crippen LogP) is 1.33. The van der Waals surface area contributed by atoms with Gasteiger partial charge in [0.05, 0.1) is 6.54 Å². The lowest BCUT2D eigenvalue weighted by atomic mass is 9.92. The van der Waals surface area contributed by atoms with Crippen LogP contribution < -0.4 is 5.32 Å². The van der Waals surface area contributed by atoms with Crippen molar-refractivity contribution in [3.63, 3.8) is 0 Å². The second-order valence-electron chi connectivity index (χ2n) is 6.60. The molecule has 0 bridgehead atoms. The first kappa shape index (κ1) is 16.7. The SMILES string of the molecule is O=C(CN1CCC2(CC1)COC(=O)O2)Nc1nnc([C@@H]2CCCO2)s1. The van der Waals surface area contributed by atoms with Crippen molar-refractivity contribution < 1.29 is 23.8 Å². The van der Waals surface area contributed by atoms with Gasteiger partial charge in [0.15, 0.2) is 5.60 Å². The number of likely N-dealkylation sites (tertiary alicyclic amines) is 1. The van der Waals surface area contributed by atoms with Crippen molar-refractivity contribution >= 4 is 28.5 Å². The molecule has 1 aromatic rings. The van der Waals surface area contributed by atoms with E-state index in [-0.39, 0.29) is 18.6 Å². The molecule has 3 aliphatic heterocycles. The van der Waals surface area contributed by atoms with E-state index in [1.165, 1.54) is 11.3 Å². The van der Waals surface area contributed by atoms with E-state index in [1.54, 1.807) is 0 Å². The molecule has 0 radical (unpaired) electrons. The normalized spacial score (nSPS) is 25.8. The number of nitrogens with one attached hydrogen (secondary N) is 1. The Labute approximate surface area is 148 Å². The Morgan fingerprint density at radius 3 is 2.88 bits per heavy atom. The maximum Gasteiger partial charge on any atom is 0.509 e. The van der Waals surface area contributed by atoms with Crippen LogP contribution in [0.4, 0.5) is 9.93 Å². The van der Waals surface area contributed by atoms with Crippen LogP contribution >= 0.6 is 11.3 Å². The van der Waals surface area contributed by atoms with Gasteiger partial charge >= 0.3 is 6.16 Å². The number of piperidine rings is 1. The number of amides is 1. The topological polar surface area (TPSA) is 103 Å². The maximum absolute atomic E-state index is 12.2. The molecular formula is C15H20N4O5S. The first-order chi connectivity index (χ1) is 12.1. The predicted molar refractivity (Wildman–Crippen MR) is 87.3 cm³/mol. The highest BCUT2D eigenvalue weighted by Crippen LogP contribution is 2.33. The molecule has 25 heavy (non-hydrogen) atoms. The van der Waals surface area contributed by atoms with E-state index in [4.69, 9.17) is 14.2 Å². The Morgan fingerprint density at radius 1 is 1.36 bits per heavy atom. The third-order valence-electron chi connectivity index (χ3n) is 4.78.